The van der Waals surface area contributed by atoms with Crippen molar-refractivity contribution >= 4 is 5.91 Å². The molecule has 2 heterocycles. The van der Waals surface area contributed by atoms with Gasteiger partial charge in [0.1, 0.15) is 0 Å². The highest BCUT2D eigenvalue weighted by Gasteiger charge is 2.22. The van der Waals surface area contributed by atoms with Gasteiger partial charge in [-0.25, -0.2) is 0 Å². The van der Waals surface area contributed by atoms with Crippen LogP contribution < -0.4 is 5.32 Å². The van der Waals surface area contributed by atoms with Gasteiger partial charge in [-0.3, -0.25) is 14.7 Å². The maximum atomic E-state index is 11.9. The minimum atomic E-state index is 0.112. The molecule has 0 radical (unpaired) electrons. The third kappa shape index (κ3) is 4.63. The van der Waals surface area contributed by atoms with Gasteiger partial charge in [0.2, 0.25) is 5.91 Å². The Morgan fingerprint density at radius 3 is 3.21 bits per heavy atom. The van der Waals surface area contributed by atoms with Gasteiger partial charge in [0.25, 0.3) is 0 Å². The average Bonchev–Trinajstić information content (AvgIpc) is 2.85. The third-order valence-corrected chi connectivity index (χ3v) is 3.65. The lowest BCUT2D eigenvalue weighted by Crippen LogP contribution is -2.35. The van der Waals surface area contributed by atoms with Crippen molar-refractivity contribution in [3.8, 4) is 0 Å². The Hall–Kier alpha value is -1.42. The van der Waals surface area contributed by atoms with Gasteiger partial charge in [-0.1, -0.05) is 19.4 Å². The minimum absolute atomic E-state index is 0.112. The molecule has 4 heteroatoms. The van der Waals surface area contributed by atoms with Crippen LogP contribution in [0, 0.1) is 5.92 Å². The van der Waals surface area contributed by atoms with E-state index in [1.165, 1.54) is 19.3 Å². The Bertz CT molecular complexity index is 394. The number of hydrogen-bond acceptors (Lipinski definition) is 3. The fraction of sp³-hybridized carbons (Fsp3) is 0.600. The van der Waals surface area contributed by atoms with Gasteiger partial charge < -0.3 is 5.32 Å². The molecule has 0 aromatic carbocycles. The predicted octanol–water partition coefficient (Wildman–Crippen LogP) is 1.82. The molecule has 1 aliphatic heterocycles. The number of nitrogens with zero attached hydrogens (tertiary/aromatic N) is 2. The standard InChI is InChI=1S/C15H23N3O/c1-2-4-13-6-8-18(11-13)12-15(19)17-10-14-5-3-7-16-9-14/h3,5,7,9,13H,2,4,6,8,10-12H2,1H3,(H,17,19). The molecule has 1 saturated heterocycles. The van der Waals surface area contributed by atoms with E-state index in [1.54, 1.807) is 12.4 Å². The summed E-state index contributed by atoms with van der Waals surface area (Å²) < 4.78 is 0. The van der Waals surface area contributed by atoms with E-state index in [0.29, 0.717) is 13.1 Å². The maximum Gasteiger partial charge on any atom is 0.234 e. The molecule has 0 saturated carbocycles. The van der Waals surface area contributed by atoms with Gasteiger partial charge in [0.15, 0.2) is 0 Å². The van der Waals surface area contributed by atoms with Crippen LogP contribution in [0.25, 0.3) is 0 Å². The summed E-state index contributed by atoms with van der Waals surface area (Å²) in [7, 11) is 0. The molecule has 1 aromatic rings. The van der Waals surface area contributed by atoms with Crippen molar-refractivity contribution in [3.05, 3.63) is 30.1 Å². The summed E-state index contributed by atoms with van der Waals surface area (Å²) in [4.78, 5) is 18.2. The van der Waals surface area contributed by atoms with Crippen molar-refractivity contribution < 1.29 is 4.79 Å². The Balaban J connectivity index is 1.68. The summed E-state index contributed by atoms with van der Waals surface area (Å²) >= 11 is 0. The van der Waals surface area contributed by atoms with Crippen LogP contribution in [-0.4, -0.2) is 35.4 Å². The van der Waals surface area contributed by atoms with Crippen molar-refractivity contribution in [1.29, 1.82) is 0 Å². The molecule has 0 bridgehead atoms. The number of aromatic nitrogens is 1. The zero-order valence-corrected chi connectivity index (χ0v) is 11.6. The van der Waals surface area contributed by atoms with E-state index in [2.05, 4.69) is 22.1 Å². The lowest BCUT2D eigenvalue weighted by Gasteiger charge is -2.15. The van der Waals surface area contributed by atoms with Crippen LogP contribution in [0.3, 0.4) is 0 Å². The molecule has 2 rings (SSSR count). The predicted molar refractivity (Wildman–Crippen MR) is 75.5 cm³/mol. The summed E-state index contributed by atoms with van der Waals surface area (Å²) in [6.07, 6.45) is 7.29. The van der Waals surface area contributed by atoms with Gasteiger partial charge in [-0.15, -0.1) is 0 Å². The van der Waals surface area contributed by atoms with Crippen LogP contribution in [0.5, 0.6) is 0 Å². The molecule has 1 amide bonds. The Labute approximate surface area is 115 Å². The Morgan fingerprint density at radius 1 is 1.58 bits per heavy atom. The van der Waals surface area contributed by atoms with Crippen LogP contribution >= 0.6 is 0 Å². The molecule has 0 spiro atoms. The van der Waals surface area contributed by atoms with E-state index in [4.69, 9.17) is 0 Å². The van der Waals surface area contributed by atoms with Gasteiger partial charge >= 0.3 is 0 Å². The van der Waals surface area contributed by atoms with Crippen molar-refractivity contribution in [1.82, 2.24) is 15.2 Å². The monoisotopic (exact) mass is 261 g/mol. The molecule has 1 fully saturated rings. The van der Waals surface area contributed by atoms with Gasteiger partial charge in [-0.2, -0.15) is 0 Å². The molecule has 4 nitrogen and oxygen atoms in total. The molecule has 1 N–H and O–H groups in total. The second-order valence-electron chi connectivity index (χ2n) is 5.32. The minimum Gasteiger partial charge on any atom is -0.351 e. The van der Waals surface area contributed by atoms with E-state index in [1.807, 2.05) is 12.1 Å². The number of amides is 1. The molecule has 1 unspecified atom stereocenters. The number of likely N-dealkylation sites (tertiary alicyclic amines) is 1. The smallest absolute Gasteiger partial charge is 0.234 e. The zero-order chi connectivity index (χ0) is 13.5. The van der Waals surface area contributed by atoms with E-state index in [-0.39, 0.29) is 5.91 Å². The number of pyridine rings is 1. The van der Waals surface area contributed by atoms with Crippen molar-refractivity contribution in [3.63, 3.8) is 0 Å². The third-order valence-electron chi connectivity index (χ3n) is 3.65. The van der Waals surface area contributed by atoms with Crippen molar-refractivity contribution in [2.45, 2.75) is 32.7 Å². The topological polar surface area (TPSA) is 45.2 Å². The van der Waals surface area contributed by atoms with E-state index in [0.717, 1.165) is 24.6 Å². The molecule has 19 heavy (non-hydrogen) atoms. The highest BCUT2D eigenvalue weighted by Crippen LogP contribution is 2.20. The van der Waals surface area contributed by atoms with Crippen LogP contribution in [0.4, 0.5) is 0 Å². The molecule has 1 aromatic heterocycles. The first-order valence-electron chi connectivity index (χ1n) is 7.16. The second-order valence-corrected chi connectivity index (χ2v) is 5.32. The second kappa shape index (κ2) is 7.24. The zero-order valence-electron chi connectivity index (χ0n) is 11.6. The lowest BCUT2D eigenvalue weighted by atomic mass is 10.0. The summed E-state index contributed by atoms with van der Waals surface area (Å²) in [6.45, 7) is 5.46. The number of hydrogen-bond donors (Lipinski definition) is 1. The highest BCUT2D eigenvalue weighted by molar-refractivity contribution is 5.78. The molecular weight excluding hydrogens is 238 g/mol. The van der Waals surface area contributed by atoms with Crippen molar-refractivity contribution in [2.75, 3.05) is 19.6 Å². The van der Waals surface area contributed by atoms with E-state index < -0.39 is 0 Å². The van der Waals surface area contributed by atoms with Gasteiger partial charge in [0, 0.05) is 25.5 Å². The summed E-state index contributed by atoms with van der Waals surface area (Å²) in [6, 6.07) is 3.86. The van der Waals surface area contributed by atoms with Crippen LogP contribution in [0.1, 0.15) is 31.7 Å². The molecule has 0 aliphatic carbocycles. The molecule has 1 aliphatic rings. The maximum absolute atomic E-state index is 11.9. The summed E-state index contributed by atoms with van der Waals surface area (Å²) in [5, 5.41) is 2.95. The first kappa shape index (κ1) is 14.0. The number of rotatable bonds is 6. The molecular formula is C15H23N3O. The first-order valence-corrected chi connectivity index (χ1v) is 7.16. The molecule has 104 valence electrons. The molecule has 1 atom stereocenters. The Kier molecular flexibility index (Phi) is 5.33. The number of carbonyl (C=O) groups excluding carboxylic acids is 1. The SMILES string of the molecule is CCCC1CCN(CC(=O)NCc2cccnc2)C1. The van der Waals surface area contributed by atoms with E-state index >= 15 is 0 Å². The quantitative estimate of drug-likeness (QED) is 0.849. The van der Waals surface area contributed by atoms with E-state index in [9.17, 15) is 4.79 Å². The van der Waals surface area contributed by atoms with Crippen LogP contribution in [0.15, 0.2) is 24.5 Å². The van der Waals surface area contributed by atoms with Crippen molar-refractivity contribution in [2.24, 2.45) is 5.92 Å². The van der Waals surface area contributed by atoms with Crippen LogP contribution in [-0.2, 0) is 11.3 Å². The van der Waals surface area contributed by atoms with Gasteiger partial charge in [-0.05, 0) is 36.9 Å². The Morgan fingerprint density at radius 2 is 2.47 bits per heavy atom. The fourth-order valence-electron chi connectivity index (χ4n) is 2.66. The van der Waals surface area contributed by atoms with Crippen LogP contribution in [0.2, 0.25) is 0 Å². The average molecular weight is 261 g/mol. The first-order chi connectivity index (χ1) is 9.28. The number of carbonyl (C=O) groups is 1. The highest BCUT2D eigenvalue weighted by atomic mass is 16.2. The normalized spacial score (nSPS) is 19.5. The largest absolute Gasteiger partial charge is 0.351 e. The lowest BCUT2D eigenvalue weighted by molar-refractivity contribution is -0.122. The summed E-state index contributed by atoms with van der Waals surface area (Å²) in [5.41, 5.74) is 1.04. The fourth-order valence-corrected chi connectivity index (χ4v) is 2.66. The van der Waals surface area contributed by atoms with Gasteiger partial charge in [0.05, 0.1) is 6.54 Å². The number of nitrogens with one attached hydrogen (secondary N) is 1. The summed E-state index contributed by atoms with van der Waals surface area (Å²) in [5.74, 6) is 0.900.